The molecule has 98 valence electrons. The molecule has 1 aromatic rings. The Kier molecular flexibility index (Phi) is 3.96. The monoisotopic (exact) mass is 340 g/mol. The van der Waals surface area contributed by atoms with Crippen LogP contribution in [0, 0.1) is 0 Å². The third-order valence-electron chi connectivity index (χ3n) is 2.43. The molecule has 0 atom stereocenters. The second kappa shape index (κ2) is 5.50. The van der Waals surface area contributed by atoms with Crippen LogP contribution in [0.2, 0.25) is 0 Å². The van der Waals surface area contributed by atoms with E-state index in [0.29, 0.717) is 11.3 Å². The quantitative estimate of drug-likeness (QED) is 0.484. The minimum atomic E-state index is -0.532. The molecule has 19 heavy (non-hydrogen) atoms. The van der Waals surface area contributed by atoms with Gasteiger partial charge in [-0.3, -0.25) is 20.2 Å². The topological polar surface area (TPSA) is 67.4 Å². The van der Waals surface area contributed by atoms with Gasteiger partial charge in [-0.1, -0.05) is 15.9 Å². The van der Waals surface area contributed by atoms with Gasteiger partial charge in [-0.15, -0.1) is 0 Å². The standard InChI is InChI=1S/C12H9BrN2O3S/c1-18-9-3-2-7(13)4-6(9)5-8-10(16)14-12(19)15-11(8)17/h2-5H,1H3,(H2,14,15,16,17,19). The lowest BCUT2D eigenvalue weighted by Crippen LogP contribution is -2.51. The Labute approximate surface area is 123 Å². The summed E-state index contributed by atoms with van der Waals surface area (Å²) in [4.78, 5) is 23.4. The van der Waals surface area contributed by atoms with Crippen LogP contribution in [-0.2, 0) is 9.59 Å². The number of halogens is 1. The molecule has 1 aliphatic heterocycles. The number of carbonyl (C=O) groups excluding carboxylic acids is 2. The van der Waals surface area contributed by atoms with Crippen LogP contribution in [0.15, 0.2) is 28.2 Å². The zero-order valence-electron chi connectivity index (χ0n) is 9.82. The van der Waals surface area contributed by atoms with Gasteiger partial charge in [-0.05, 0) is 36.5 Å². The normalized spacial score (nSPS) is 14.8. The Balaban J connectivity index is 2.45. The van der Waals surface area contributed by atoms with Gasteiger partial charge in [-0.2, -0.15) is 0 Å². The first-order valence-corrected chi connectivity index (χ1v) is 6.43. The van der Waals surface area contributed by atoms with Crippen LogP contribution in [-0.4, -0.2) is 24.0 Å². The number of methoxy groups -OCH3 is 1. The molecule has 0 aliphatic carbocycles. The van der Waals surface area contributed by atoms with E-state index in [1.165, 1.54) is 13.2 Å². The molecular weight excluding hydrogens is 332 g/mol. The highest BCUT2D eigenvalue weighted by Crippen LogP contribution is 2.25. The molecule has 0 radical (unpaired) electrons. The molecule has 2 rings (SSSR count). The van der Waals surface area contributed by atoms with Gasteiger partial charge in [0.15, 0.2) is 5.11 Å². The van der Waals surface area contributed by atoms with Gasteiger partial charge in [0.2, 0.25) is 0 Å². The summed E-state index contributed by atoms with van der Waals surface area (Å²) in [5.41, 5.74) is 0.593. The molecule has 1 aromatic carbocycles. The summed E-state index contributed by atoms with van der Waals surface area (Å²) in [7, 11) is 1.52. The molecule has 1 saturated heterocycles. The summed E-state index contributed by atoms with van der Waals surface area (Å²) >= 11 is 8.05. The Morgan fingerprint density at radius 3 is 2.47 bits per heavy atom. The summed E-state index contributed by atoms with van der Waals surface area (Å²) in [6, 6.07) is 5.29. The molecule has 0 unspecified atom stereocenters. The Bertz CT molecular complexity index is 591. The van der Waals surface area contributed by atoms with E-state index in [9.17, 15) is 9.59 Å². The van der Waals surface area contributed by atoms with E-state index >= 15 is 0 Å². The van der Waals surface area contributed by atoms with Gasteiger partial charge < -0.3 is 4.74 Å². The van der Waals surface area contributed by atoms with E-state index in [1.54, 1.807) is 18.2 Å². The van der Waals surface area contributed by atoms with Crippen molar-refractivity contribution in [3.05, 3.63) is 33.8 Å². The van der Waals surface area contributed by atoms with Crippen molar-refractivity contribution in [1.29, 1.82) is 0 Å². The average molecular weight is 341 g/mol. The average Bonchev–Trinajstić information content (AvgIpc) is 2.34. The van der Waals surface area contributed by atoms with Crippen molar-refractivity contribution in [2.45, 2.75) is 0 Å². The van der Waals surface area contributed by atoms with Crippen LogP contribution >= 0.6 is 28.1 Å². The van der Waals surface area contributed by atoms with Crippen molar-refractivity contribution in [2.24, 2.45) is 0 Å². The number of hydrogen-bond donors (Lipinski definition) is 2. The predicted octanol–water partition coefficient (Wildman–Crippen LogP) is 1.37. The van der Waals surface area contributed by atoms with Gasteiger partial charge >= 0.3 is 0 Å². The lowest BCUT2D eigenvalue weighted by molar-refractivity contribution is -0.123. The van der Waals surface area contributed by atoms with Crippen molar-refractivity contribution in [3.63, 3.8) is 0 Å². The maximum absolute atomic E-state index is 11.7. The molecule has 1 heterocycles. The first-order chi connectivity index (χ1) is 9.01. The van der Waals surface area contributed by atoms with Gasteiger partial charge in [0.05, 0.1) is 7.11 Å². The van der Waals surface area contributed by atoms with E-state index in [-0.39, 0.29) is 10.7 Å². The van der Waals surface area contributed by atoms with E-state index in [0.717, 1.165) is 4.47 Å². The van der Waals surface area contributed by atoms with E-state index in [2.05, 4.69) is 26.6 Å². The zero-order chi connectivity index (χ0) is 14.0. The van der Waals surface area contributed by atoms with Crippen molar-refractivity contribution in [3.8, 4) is 5.75 Å². The highest BCUT2D eigenvalue weighted by molar-refractivity contribution is 9.10. The summed E-state index contributed by atoms with van der Waals surface area (Å²) in [5, 5.41) is 4.75. The van der Waals surface area contributed by atoms with Crippen LogP contribution in [0.3, 0.4) is 0 Å². The lowest BCUT2D eigenvalue weighted by Gasteiger charge is -2.16. The summed E-state index contributed by atoms with van der Waals surface area (Å²) in [5.74, 6) is -0.504. The van der Waals surface area contributed by atoms with Crippen molar-refractivity contribution in [2.75, 3.05) is 7.11 Å². The maximum Gasteiger partial charge on any atom is 0.263 e. The molecule has 2 N–H and O–H groups in total. The van der Waals surface area contributed by atoms with Gasteiger partial charge in [-0.25, -0.2) is 0 Å². The molecule has 0 aromatic heterocycles. The summed E-state index contributed by atoms with van der Waals surface area (Å²) in [6.07, 6.45) is 1.45. The number of carbonyl (C=O) groups is 2. The van der Waals surface area contributed by atoms with Gasteiger partial charge in [0.25, 0.3) is 11.8 Å². The highest BCUT2D eigenvalue weighted by Gasteiger charge is 2.26. The van der Waals surface area contributed by atoms with E-state index in [1.807, 2.05) is 0 Å². The van der Waals surface area contributed by atoms with E-state index < -0.39 is 11.8 Å². The fourth-order valence-corrected chi connectivity index (χ4v) is 2.14. The summed E-state index contributed by atoms with van der Waals surface area (Å²) in [6.45, 7) is 0. The van der Waals surface area contributed by atoms with Crippen LogP contribution in [0.4, 0.5) is 0 Å². The van der Waals surface area contributed by atoms with Crippen molar-refractivity contribution in [1.82, 2.24) is 10.6 Å². The number of rotatable bonds is 2. The van der Waals surface area contributed by atoms with Gasteiger partial charge in [0, 0.05) is 10.0 Å². The Morgan fingerprint density at radius 1 is 1.26 bits per heavy atom. The molecule has 0 bridgehead atoms. The third-order valence-corrected chi connectivity index (χ3v) is 3.13. The minimum Gasteiger partial charge on any atom is -0.496 e. The van der Waals surface area contributed by atoms with Crippen LogP contribution in [0.5, 0.6) is 5.75 Å². The maximum atomic E-state index is 11.7. The second-order valence-corrected chi connectivity index (χ2v) is 5.01. The highest BCUT2D eigenvalue weighted by atomic mass is 79.9. The fraction of sp³-hybridized carbons (Fsp3) is 0.0833. The number of benzene rings is 1. The van der Waals surface area contributed by atoms with Gasteiger partial charge in [0.1, 0.15) is 11.3 Å². The number of amides is 2. The molecule has 0 saturated carbocycles. The fourth-order valence-electron chi connectivity index (χ4n) is 1.58. The van der Waals surface area contributed by atoms with E-state index in [4.69, 9.17) is 17.0 Å². The molecule has 0 spiro atoms. The Morgan fingerprint density at radius 2 is 1.89 bits per heavy atom. The smallest absolute Gasteiger partial charge is 0.263 e. The predicted molar refractivity (Wildman–Crippen MR) is 77.6 cm³/mol. The lowest BCUT2D eigenvalue weighted by atomic mass is 10.1. The number of hydrogen-bond acceptors (Lipinski definition) is 4. The molecule has 7 heteroatoms. The van der Waals surface area contributed by atoms with Crippen LogP contribution in [0.1, 0.15) is 5.56 Å². The minimum absolute atomic E-state index is 0.00774. The van der Waals surface area contributed by atoms with Crippen molar-refractivity contribution < 1.29 is 14.3 Å². The molecule has 1 aliphatic rings. The number of nitrogens with one attached hydrogen (secondary N) is 2. The van der Waals surface area contributed by atoms with Crippen LogP contribution < -0.4 is 15.4 Å². The summed E-state index contributed by atoms with van der Waals surface area (Å²) < 4.78 is 5.99. The first kappa shape index (κ1) is 13.7. The molecule has 2 amide bonds. The largest absolute Gasteiger partial charge is 0.496 e. The number of thiocarbonyl (C=S) groups is 1. The molecule has 5 nitrogen and oxygen atoms in total. The SMILES string of the molecule is COc1ccc(Br)cc1C=C1C(=O)NC(=S)NC1=O. The van der Waals surface area contributed by atoms with Crippen LogP contribution in [0.25, 0.3) is 6.08 Å². The first-order valence-electron chi connectivity index (χ1n) is 5.23. The molecule has 1 fully saturated rings. The molecular formula is C12H9BrN2O3S. The number of ether oxygens (including phenoxy) is 1. The third kappa shape index (κ3) is 2.99. The second-order valence-electron chi connectivity index (χ2n) is 3.68. The van der Waals surface area contributed by atoms with Crippen molar-refractivity contribution >= 4 is 51.2 Å². The zero-order valence-corrected chi connectivity index (χ0v) is 12.2. The Hall–Kier alpha value is -1.73.